The molecular formula is C21H34N6. The molecule has 1 unspecified atom stereocenters. The standard InChI is InChI=1S/C21H34N6/c1-5-18(3)26(4)15-13-23-21(22-6-2)24-16-19-10-7-8-11-20(19)17-27-14-9-12-25-27/h7-12,14,18H,5-6,13,15-17H2,1-4H3,(H2,22,23,24). The highest BCUT2D eigenvalue weighted by Crippen LogP contribution is 2.11. The molecule has 1 atom stereocenters. The molecule has 0 spiro atoms. The van der Waals surface area contributed by atoms with Crippen LogP contribution >= 0.6 is 0 Å². The minimum atomic E-state index is 0.598. The van der Waals surface area contributed by atoms with Crippen LogP contribution in [-0.4, -0.2) is 53.4 Å². The predicted molar refractivity (Wildman–Crippen MR) is 113 cm³/mol. The van der Waals surface area contributed by atoms with Gasteiger partial charge < -0.3 is 15.5 Å². The summed E-state index contributed by atoms with van der Waals surface area (Å²) < 4.78 is 1.94. The van der Waals surface area contributed by atoms with Crippen LogP contribution in [0.1, 0.15) is 38.3 Å². The Morgan fingerprint density at radius 1 is 1.19 bits per heavy atom. The quantitative estimate of drug-likeness (QED) is 0.499. The van der Waals surface area contributed by atoms with Crippen molar-refractivity contribution in [3.63, 3.8) is 0 Å². The van der Waals surface area contributed by atoms with Crippen molar-refractivity contribution in [2.45, 2.75) is 46.3 Å². The first-order valence-electron chi connectivity index (χ1n) is 9.90. The van der Waals surface area contributed by atoms with E-state index in [0.29, 0.717) is 12.6 Å². The number of hydrogen-bond donors (Lipinski definition) is 2. The van der Waals surface area contributed by atoms with Crippen LogP contribution in [0.3, 0.4) is 0 Å². The molecule has 1 aromatic heterocycles. The molecule has 0 radical (unpaired) electrons. The van der Waals surface area contributed by atoms with E-state index in [1.807, 2.05) is 23.1 Å². The lowest BCUT2D eigenvalue weighted by atomic mass is 10.1. The molecule has 0 saturated carbocycles. The number of hydrogen-bond acceptors (Lipinski definition) is 3. The molecule has 6 heteroatoms. The van der Waals surface area contributed by atoms with Gasteiger partial charge in [-0.1, -0.05) is 31.2 Å². The first-order valence-corrected chi connectivity index (χ1v) is 9.90. The van der Waals surface area contributed by atoms with Crippen molar-refractivity contribution in [2.24, 2.45) is 4.99 Å². The summed E-state index contributed by atoms with van der Waals surface area (Å²) in [5, 5.41) is 11.1. The molecule has 0 fully saturated rings. The normalized spacial score (nSPS) is 13.0. The Morgan fingerprint density at radius 2 is 1.96 bits per heavy atom. The number of guanidine groups is 1. The van der Waals surface area contributed by atoms with E-state index in [1.165, 1.54) is 11.1 Å². The van der Waals surface area contributed by atoms with E-state index >= 15 is 0 Å². The third kappa shape index (κ3) is 7.06. The summed E-state index contributed by atoms with van der Waals surface area (Å²) in [6.07, 6.45) is 4.96. The minimum Gasteiger partial charge on any atom is -0.357 e. The highest BCUT2D eigenvalue weighted by Gasteiger charge is 2.07. The van der Waals surface area contributed by atoms with Gasteiger partial charge in [0, 0.05) is 38.1 Å². The van der Waals surface area contributed by atoms with Crippen LogP contribution in [-0.2, 0) is 13.1 Å². The first-order chi connectivity index (χ1) is 13.1. The lowest BCUT2D eigenvalue weighted by Crippen LogP contribution is -2.42. The number of aliphatic imine (C=N–C) groups is 1. The fraction of sp³-hybridized carbons (Fsp3) is 0.524. The largest absolute Gasteiger partial charge is 0.357 e. The van der Waals surface area contributed by atoms with E-state index in [-0.39, 0.29) is 0 Å². The van der Waals surface area contributed by atoms with Crippen LogP contribution in [0, 0.1) is 0 Å². The smallest absolute Gasteiger partial charge is 0.191 e. The lowest BCUT2D eigenvalue weighted by molar-refractivity contribution is 0.255. The summed E-state index contributed by atoms with van der Waals surface area (Å²) >= 11 is 0. The Kier molecular flexibility index (Phi) is 8.84. The first kappa shape index (κ1) is 21.0. The molecule has 1 heterocycles. The summed E-state index contributed by atoms with van der Waals surface area (Å²) in [4.78, 5) is 7.15. The lowest BCUT2D eigenvalue weighted by Gasteiger charge is -2.24. The molecule has 148 valence electrons. The van der Waals surface area contributed by atoms with Crippen molar-refractivity contribution in [1.29, 1.82) is 0 Å². The van der Waals surface area contributed by atoms with E-state index in [2.05, 4.69) is 72.7 Å². The second-order valence-corrected chi connectivity index (χ2v) is 6.83. The highest BCUT2D eigenvalue weighted by atomic mass is 15.3. The average Bonchev–Trinajstić information content (AvgIpc) is 3.19. The SMILES string of the molecule is CCNC(=NCc1ccccc1Cn1cccn1)NCCN(C)C(C)CC. The van der Waals surface area contributed by atoms with Crippen molar-refractivity contribution < 1.29 is 0 Å². The van der Waals surface area contributed by atoms with Gasteiger partial charge in [-0.3, -0.25) is 4.68 Å². The van der Waals surface area contributed by atoms with Gasteiger partial charge in [0.05, 0.1) is 13.1 Å². The number of benzene rings is 1. The van der Waals surface area contributed by atoms with Gasteiger partial charge in [0.1, 0.15) is 0 Å². The molecular weight excluding hydrogens is 336 g/mol. The monoisotopic (exact) mass is 370 g/mol. The zero-order valence-electron chi connectivity index (χ0n) is 17.2. The molecule has 2 rings (SSSR count). The maximum atomic E-state index is 4.78. The fourth-order valence-electron chi connectivity index (χ4n) is 2.82. The fourth-order valence-corrected chi connectivity index (χ4v) is 2.82. The summed E-state index contributed by atoms with van der Waals surface area (Å²) in [6.45, 7) is 10.7. The third-order valence-electron chi connectivity index (χ3n) is 4.86. The Hall–Kier alpha value is -2.34. The van der Waals surface area contributed by atoms with Crippen LogP contribution in [0.25, 0.3) is 0 Å². The van der Waals surface area contributed by atoms with Crippen molar-refractivity contribution in [2.75, 3.05) is 26.7 Å². The Morgan fingerprint density at radius 3 is 2.63 bits per heavy atom. The Balaban J connectivity index is 1.96. The average molecular weight is 371 g/mol. The minimum absolute atomic E-state index is 0.598. The van der Waals surface area contributed by atoms with Gasteiger partial charge in [0.15, 0.2) is 5.96 Å². The third-order valence-corrected chi connectivity index (χ3v) is 4.86. The molecule has 2 N–H and O–H groups in total. The van der Waals surface area contributed by atoms with E-state index in [0.717, 1.165) is 38.6 Å². The molecule has 0 bridgehead atoms. The number of nitrogens with one attached hydrogen (secondary N) is 2. The van der Waals surface area contributed by atoms with Gasteiger partial charge in [-0.25, -0.2) is 4.99 Å². The van der Waals surface area contributed by atoms with Crippen LogP contribution in [0.15, 0.2) is 47.7 Å². The molecule has 0 saturated heterocycles. The van der Waals surface area contributed by atoms with Gasteiger partial charge in [-0.15, -0.1) is 0 Å². The zero-order chi connectivity index (χ0) is 19.5. The summed E-state index contributed by atoms with van der Waals surface area (Å²) in [5.74, 6) is 0.865. The number of likely N-dealkylation sites (N-methyl/N-ethyl adjacent to an activating group) is 1. The maximum absolute atomic E-state index is 4.78. The van der Waals surface area contributed by atoms with Crippen molar-refractivity contribution in [1.82, 2.24) is 25.3 Å². The van der Waals surface area contributed by atoms with E-state index in [9.17, 15) is 0 Å². The molecule has 2 aromatic rings. The summed E-state index contributed by atoms with van der Waals surface area (Å²) in [5.41, 5.74) is 2.47. The van der Waals surface area contributed by atoms with Crippen molar-refractivity contribution >= 4 is 5.96 Å². The number of nitrogens with zero attached hydrogens (tertiary/aromatic N) is 4. The summed E-state index contributed by atoms with van der Waals surface area (Å²) in [7, 11) is 2.17. The van der Waals surface area contributed by atoms with Crippen LogP contribution < -0.4 is 10.6 Å². The Labute approximate surface area is 163 Å². The van der Waals surface area contributed by atoms with Crippen molar-refractivity contribution in [3.05, 3.63) is 53.9 Å². The molecule has 0 amide bonds. The summed E-state index contributed by atoms with van der Waals surface area (Å²) in [6, 6.07) is 11.0. The predicted octanol–water partition coefficient (Wildman–Crippen LogP) is 2.72. The molecule has 0 aliphatic heterocycles. The maximum Gasteiger partial charge on any atom is 0.191 e. The molecule has 27 heavy (non-hydrogen) atoms. The molecule has 0 aliphatic rings. The zero-order valence-corrected chi connectivity index (χ0v) is 17.2. The van der Waals surface area contributed by atoms with Gasteiger partial charge >= 0.3 is 0 Å². The number of rotatable bonds is 10. The van der Waals surface area contributed by atoms with Gasteiger partial charge in [0.25, 0.3) is 0 Å². The second kappa shape index (κ2) is 11.4. The number of aromatic nitrogens is 2. The topological polar surface area (TPSA) is 57.5 Å². The molecule has 0 aliphatic carbocycles. The van der Waals surface area contributed by atoms with Crippen LogP contribution in [0.2, 0.25) is 0 Å². The van der Waals surface area contributed by atoms with Gasteiger partial charge in [0.2, 0.25) is 0 Å². The van der Waals surface area contributed by atoms with E-state index in [4.69, 9.17) is 4.99 Å². The second-order valence-electron chi connectivity index (χ2n) is 6.83. The van der Waals surface area contributed by atoms with E-state index in [1.54, 1.807) is 0 Å². The highest BCUT2D eigenvalue weighted by molar-refractivity contribution is 5.79. The molecule has 6 nitrogen and oxygen atoms in total. The van der Waals surface area contributed by atoms with E-state index < -0.39 is 0 Å². The van der Waals surface area contributed by atoms with Gasteiger partial charge in [-0.05, 0) is 44.5 Å². The van der Waals surface area contributed by atoms with Crippen LogP contribution in [0.4, 0.5) is 0 Å². The van der Waals surface area contributed by atoms with Crippen LogP contribution in [0.5, 0.6) is 0 Å². The van der Waals surface area contributed by atoms with Crippen molar-refractivity contribution in [3.8, 4) is 0 Å². The Bertz CT molecular complexity index is 680. The molecule has 1 aromatic carbocycles. The van der Waals surface area contributed by atoms with Gasteiger partial charge in [-0.2, -0.15) is 5.10 Å².